The summed E-state index contributed by atoms with van der Waals surface area (Å²) in [5.74, 6) is -1.71. The molecule has 1 fully saturated rings. The molecular weight excluding hydrogens is 304 g/mol. The van der Waals surface area contributed by atoms with Crippen LogP contribution in [0.2, 0.25) is 0 Å². The normalized spacial score (nSPS) is 30.0. The largest absolute Gasteiger partial charge is 0.418 e. The van der Waals surface area contributed by atoms with E-state index in [4.69, 9.17) is 9.47 Å². The average Bonchev–Trinajstić information content (AvgIpc) is 2.46. The first-order valence-electron chi connectivity index (χ1n) is 9.05. The summed E-state index contributed by atoms with van der Waals surface area (Å²) >= 11 is 0. The van der Waals surface area contributed by atoms with Crippen molar-refractivity contribution in [2.24, 2.45) is 16.7 Å². The summed E-state index contributed by atoms with van der Waals surface area (Å²) in [5, 5.41) is 0. The second-order valence-electron chi connectivity index (χ2n) is 8.27. The topological polar surface area (TPSA) is 52.6 Å². The van der Waals surface area contributed by atoms with Crippen LogP contribution in [0.3, 0.4) is 0 Å². The number of ether oxygens (including phenoxy) is 2. The van der Waals surface area contributed by atoms with Crippen molar-refractivity contribution in [1.82, 2.24) is 0 Å². The molecule has 1 saturated heterocycles. The van der Waals surface area contributed by atoms with E-state index in [9.17, 15) is 9.59 Å². The van der Waals surface area contributed by atoms with Gasteiger partial charge in [0.25, 0.3) is 5.79 Å². The second-order valence-corrected chi connectivity index (χ2v) is 8.27. The SMILES string of the molecule is CCC1(CC)C(=O)OC2(C=C3C=C(C)CCC3C(C)(C)C2)OC1=O. The van der Waals surface area contributed by atoms with Gasteiger partial charge in [0.15, 0.2) is 5.41 Å². The third-order valence-electron chi connectivity index (χ3n) is 6.19. The number of allylic oxidation sites excluding steroid dienone is 3. The highest BCUT2D eigenvalue weighted by Gasteiger charge is 2.59. The standard InChI is InChI=1S/C20H28O4/c1-6-19(7-2)16(21)23-20(24-17(19)22)11-14-10-13(3)8-9-15(14)18(4,5)12-20/h10-11,15H,6-9,12H2,1-5H3. The summed E-state index contributed by atoms with van der Waals surface area (Å²) in [6, 6.07) is 0. The Hall–Kier alpha value is -1.58. The van der Waals surface area contributed by atoms with E-state index < -0.39 is 23.1 Å². The molecule has 0 bridgehead atoms. The van der Waals surface area contributed by atoms with Crippen LogP contribution < -0.4 is 0 Å². The lowest BCUT2D eigenvalue weighted by Crippen LogP contribution is -2.58. The van der Waals surface area contributed by atoms with Crippen LogP contribution in [0.4, 0.5) is 0 Å². The van der Waals surface area contributed by atoms with E-state index in [-0.39, 0.29) is 5.41 Å². The molecule has 0 amide bonds. The molecule has 0 radical (unpaired) electrons. The fourth-order valence-corrected chi connectivity index (χ4v) is 4.62. The first-order chi connectivity index (χ1) is 11.2. The summed E-state index contributed by atoms with van der Waals surface area (Å²) in [5.41, 5.74) is 1.20. The van der Waals surface area contributed by atoms with Crippen molar-refractivity contribution in [2.45, 2.75) is 72.5 Å². The number of hydrogen-bond acceptors (Lipinski definition) is 4. The van der Waals surface area contributed by atoms with Crippen molar-refractivity contribution in [3.8, 4) is 0 Å². The Morgan fingerprint density at radius 1 is 1.12 bits per heavy atom. The van der Waals surface area contributed by atoms with E-state index in [0.717, 1.165) is 18.4 Å². The average molecular weight is 332 g/mol. The predicted octanol–water partition coefficient (Wildman–Crippen LogP) is 4.30. The molecule has 1 atom stereocenters. The molecule has 0 aromatic carbocycles. The molecule has 4 nitrogen and oxygen atoms in total. The smallest absolute Gasteiger partial charge is 0.326 e. The second kappa shape index (κ2) is 5.47. The van der Waals surface area contributed by atoms with Crippen LogP contribution in [0.15, 0.2) is 23.3 Å². The van der Waals surface area contributed by atoms with Crippen molar-refractivity contribution >= 4 is 11.9 Å². The maximum Gasteiger partial charge on any atom is 0.326 e. The molecule has 1 aliphatic heterocycles. The zero-order chi connectivity index (χ0) is 17.8. The molecule has 3 rings (SSSR count). The van der Waals surface area contributed by atoms with Crippen molar-refractivity contribution in [2.75, 3.05) is 0 Å². The Morgan fingerprint density at radius 3 is 2.25 bits per heavy atom. The molecule has 0 aromatic heterocycles. The first kappa shape index (κ1) is 17.2. The van der Waals surface area contributed by atoms with E-state index in [1.54, 1.807) is 0 Å². The van der Waals surface area contributed by atoms with Gasteiger partial charge in [-0.15, -0.1) is 0 Å². The van der Waals surface area contributed by atoms with Crippen LogP contribution in [0.1, 0.15) is 66.7 Å². The summed E-state index contributed by atoms with van der Waals surface area (Å²) in [6.45, 7) is 10.1. The minimum Gasteiger partial charge on any atom is -0.418 e. The van der Waals surface area contributed by atoms with Gasteiger partial charge in [0.05, 0.1) is 0 Å². The van der Waals surface area contributed by atoms with Gasteiger partial charge in [0.2, 0.25) is 0 Å². The zero-order valence-electron chi connectivity index (χ0n) is 15.4. The van der Waals surface area contributed by atoms with Crippen LogP contribution in [0, 0.1) is 16.7 Å². The molecule has 1 unspecified atom stereocenters. The van der Waals surface area contributed by atoms with E-state index in [1.807, 2.05) is 19.9 Å². The number of rotatable bonds is 2. The quantitative estimate of drug-likeness (QED) is 0.559. The molecule has 0 aromatic rings. The Kier molecular flexibility index (Phi) is 3.93. The van der Waals surface area contributed by atoms with Gasteiger partial charge in [-0.2, -0.15) is 0 Å². The highest BCUT2D eigenvalue weighted by molar-refractivity contribution is 6.01. The van der Waals surface area contributed by atoms with Crippen molar-refractivity contribution < 1.29 is 19.1 Å². The van der Waals surface area contributed by atoms with Crippen LogP contribution >= 0.6 is 0 Å². The van der Waals surface area contributed by atoms with Gasteiger partial charge in [-0.1, -0.05) is 39.3 Å². The zero-order valence-corrected chi connectivity index (χ0v) is 15.4. The third-order valence-corrected chi connectivity index (χ3v) is 6.19. The number of carbonyl (C=O) groups excluding carboxylic acids is 2. The fourth-order valence-electron chi connectivity index (χ4n) is 4.62. The maximum atomic E-state index is 12.7. The van der Waals surface area contributed by atoms with Crippen LogP contribution in [-0.2, 0) is 19.1 Å². The lowest BCUT2D eigenvalue weighted by atomic mass is 9.62. The van der Waals surface area contributed by atoms with Crippen molar-refractivity contribution in [3.05, 3.63) is 23.3 Å². The molecule has 2 aliphatic carbocycles. The van der Waals surface area contributed by atoms with E-state index in [0.29, 0.717) is 25.2 Å². The first-order valence-corrected chi connectivity index (χ1v) is 9.05. The van der Waals surface area contributed by atoms with Gasteiger partial charge in [0, 0.05) is 12.5 Å². The predicted molar refractivity (Wildman–Crippen MR) is 90.9 cm³/mol. The molecular formula is C20H28O4. The van der Waals surface area contributed by atoms with Gasteiger partial charge in [-0.3, -0.25) is 9.59 Å². The van der Waals surface area contributed by atoms with Crippen LogP contribution in [-0.4, -0.2) is 17.7 Å². The third kappa shape index (κ3) is 2.42. The Bertz CT molecular complexity index is 614. The number of esters is 2. The number of carbonyl (C=O) groups is 2. The Labute approximate surface area is 144 Å². The van der Waals surface area contributed by atoms with E-state index in [1.165, 1.54) is 5.57 Å². The monoisotopic (exact) mass is 332 g/mol. The Balaban J connectivity index is 2.03. The summed E-state index contributed by atoms with van der Waals surface area (Å²) in [4.78, 5) is 25.5. The van der Waals surface area contributed by atoms with Gasteiger partial charge in [-0.05, 0) is 49.5 Å². The van der Waals surface area contributed by atoms with Crippen LogP contribution in [0.5, 0.6) is 0 Å². The molecule has 132 valence electrons. The molecule has 1 heterocycles. The van der Waals surface area contributed by atoms with Gasteiger partial charge in [-0.25, -0.2) is 0 Å². The summed E-state index contributed by atoms with van der Waals surface area (Å²) in [7, 11) is 0. The Morgan fingerprint density at radius 2 is 1.71 bits per heavy atom. The fraction of sp³-hybridized carbons (Fsp3) is 0.700. The highest BCUT2D eigenvalue weighted by Crippen LogP contribution is 2.53. The number of hydrogen-bond donors (Lipinski definition) is 0. The number of fused-ring (bicyclic) bond motifs is 1. The molecule has 24 heavy (non-hydrogen) atoms. The summed E-state index contributed by atoms with van der Waals surface area (Å²) in [6.07, 6.45) is 7.55. The highest BCUT2D eigenvalue weighted by atomic mass is 16.7. The van der Waals surface area contributed by atoms with Crippen LogP contribution in [0.25, 0.3) is 0 Å². The van der Waals surface area contributed by atoms with Gasteiger partial charge < -0.3 is 9.47 Å². The minimum atomic E-state index is -1.24. The van der Waals surface area contributed by atoms with E-state index in [2.05, 4.69) is 26.8 Å². The van der Waals surface area contributed by atoms with Crippen molar-refractivity contribution in [3.63, 3.8) is 0 Å². The molecule has 3 aliphatic rings. The van der Waals surface area contributed by atoms with Gasteiger partial charge in [0.1, 0.15) is 0 Å². The lowest BCUT2D eigenvalue weighted by Gasteiger charge is -2.50. The maximum absolute atomic E-state index is 12.7. The van der Waals surface area contributed by atoms with E-state index >= 15 is 0 Å². The summed E-state index contributed by atoms with van der Waals surface area (Å²) < 4.78 is 11.6. The minimum absolute atomic E-state index is 0.0970. The molecule has 1 spiro atoms. The lowest BCUT2D eigenvalue weighted by molar-refractivity contribution is -0.257. The molecule has 0 saturated carbocycles. The van der Waals surface area contributed by atoms with Gasteiger partial charge >= 0.3 is 11.9 Å². The molecule has 4 heteroatoms. The molecule has 0 N–H and O–H groups in total. The van der Waals surface area contributed by atoms with Crippen molar-refractivity contribution in [1.29, 1.82) is 0 Å².